The molecule has 1 saturated heterocycles. The van der Waals surface area contributed by atoms with Gasteiger partial charge in [-0.3, -0.25) is 9.88 Å². The van der Waals surface area contributed by atoms with Crippen molar-refractivity contribution in [3.63, 3.8) is 0 Å². The van der Waals surface area contributed by atoms with Crippen molar-refractivity contribution in [3.05, 3.63) is 30.1 Å². The Hall–Kier alpha value is -0.970. The van der Waals surface area contributed by atoms with Gasteiger partial charge >= 0.3 is 0 Å². The highest BCUT2D eigenvalue weighted by Crippen LogP contribution is 2.28. The van der Waals surface area contributed by atoms with Crippen molar-refractivity contribution in [2.75, 3.05) is 19.7 Å². The Labute approximate surface area is 115 Å². The Bertz CT molecular complexity index is 363. The molecule has 2 unspecified atom stereocenters. The number of likely N-dealkylation sites (tertiary alicyclic amines) is 1. The summed E-state index contributed by atoms with van der Waals surface area (Å²) in [5, 5.41) is 9.23. The van der Waals surface area contributed by atoms with Gasteiger partial charge in [-0.1, -0.05) is 13.0 Å². The highest BCUT2D eigenvalue weighted by Gasteiger charge is 2.29. The van der Waals surface area contributed by atoms with Gasteiger partial charge in [-0.15, -0.1) is 0 Å². The van der Waals surface area contributed by atoms with E-state index >= 15 is 0 Å². The first kappa shape index (κ1) is 14.4. The van der Waals surface area contributed by atoms with Crippen LogP contribution in [0.4, 0.5) is 0 Å². The minimum absolute atomic E-state index is 0.112. The number of aliphatic hydroxyl groups is 1. The van der Waals surface area contributed by atoms with Crippen LogP contribution in [0.15, 0.2) is 24.4 Å². The fraction of sp³-hybridized carbons (Fsp3) is 0.667. The number of hydrogen-bond donors (Lipinski definition) is 2. The van der Waals surface area contributed by atoms with E-state index in [4.69, 9.17) is 5.73 Å². The number of piperidine rings is 1. The van der Waals surface area contributed by atoms with E-state index in [0.717, 1.165) is 38.0 Å². The van der Waals surface area contributed by atoms with Gasteiger partial charge in [0.2, 0.25) is 0 Å². The maximum atomic E-state index is 9.23. The van der Waals surface area contributed by atoms with Crippen LogP contribution in [0.5, 0.6) is 0 Å². The quantitative estimate of drug-likeness (QED) is 0.846. The average molecular weight is 263 g/mol. The van der Waals surface area contributed by atoms with Crippen LogP contribution in [0.2, 0.25) is 0 Å². The fourth-order valence-electron chi connectivity index (χ4n) is 2.87. The molecule has 1 aliphatic heterocycles. The topological polar surface area (TPSA) is 62.4 Å². The minimum atomic E-state index is 0.112. The number of aliphatic hydroxyl groups excluding tert-OH is 1. The predicted octanol–water partition coefficient (Wildman–Crippen LogP) is 1.56. The van der Waals surface area contributed by atoms with Crippen LogP contribution in [0.1, 0.15) is 37.9 Å². The molecule has 0 aromatic carbocycles. The molecule has 0 spiro atoms. The summed E-state index contributed by atoms with van der Waals surface area (Å²) in [6.07, 6.45) is 4.89. The zero-order valence-corrected chi connectivity index (χ0v) is 11.7. The van der Waals surface area contributed by atoms with Gasteiger partial charge < -0.3 is 10.8 Å². The Morgan fingerprint density at radius 3 is 2.68 bits per heavy atom. The van der Waals surface area contributed by atoms with Crippen LogP contribution < -0.4 is 5.73 Å². The molecule has 2 heterocycles. The van der Waals surface area contributed by atoms with Crippen LogP contribution >= 0.6 is 0 Å². The smallest absolute Gasteiger partial charge is 0.0673 e. The molecule has 2 rings (SSSR count). The van der Waals surface area contributed by atoms with Crippen LogP contribution in [0.3, 0.4) is 0 Å². The Morgan fingerprint density at radius 2 is 2.16 bits per heavy atom. The van der Waals surface area contributed by atoms with Crippen molar-refractivity contribution in [3.8, 4) is 0 Å². The molecular weight excluding hydrogens is 238 g/mol. The third kappa shape index (κ3) is 3.53. The largest absolute Gasteiger partial charge is 0.396 e. The highest BCUT2D eigenvalue weighted by atomic mass is 16.3. The lowest BCUT2D eigenvalue weighted by atomic mass is 9.93. The molecule has 1 fully saturated rings. The summed E-state index contributed by atoms with van der Waals surface area (Å²) >= 11 is 0. The molecule has 0 aliphatic carbocycles. The van der Waals surface area contributed by atoms with E-state index in [9.17, 15) is 5.11 Å². The second kappa shape index (κ2) is 6.98. The molecule has 1 aromatic rings. The van der Waals surface area contributed by atoms with Crippen molar-refractivity contribution in [2.24, 2.45) is 11.7 Å². The fourth-order valence-corrected chi connectivity index (χ4v) is 2.87. The van der Waals surface area contributed by atoms with E-state index in [0.29, 0.717) is 12.5 Å². The highest BCUT2D eigenvalue weighted by molar-refractivity contribution is 5.11. The molecular formula is C15H25N3O. The first-order chi connectivity index (χ1) is 9.26. The molecule has 1 aromatic heterocycles. The molecule has 3 N–H and O–H groups in total. The van der Waals surface area contributed by atoms with E-state index in [1.165, 1.54) is 0 Å². The summed E-state index contributed by atoms with van der Waals surface area (Å²) in [6.45, 7) is 4.43. The van der Waals surface area contributed by atoms with Gasteiger partial charge in [0.1, 0.15) is 0 Å². The second-order valence-corrected chi connectivity index (χ2v) is 5.43. The van der Waals surface area contributed by atoms with Gasteiger partial charge in [0.15, 0.2) is 0 Å². The monoisotopic (exact) mass is 263 g/mol. The van der Waals surface area contributed by atoms with Gasteiger partial charge in [0.25, 0.3) is 0 Å². The SMILES string of the molecule is CCC(N)C(c1ccccn1)N1CCC(CO)CC1. The van der Waals surface area contributed by atoms with Gasteiger partial charge in [-0.2, -0.15) is 0 Å². The van der Waals surface area contributed by atoms with E-state index < -0.39 is 0 Å². The van der Waals surface area contributed by atoms with Crippen molar-refractivity contribution in [1.29, 1.82) is 0 Å². The molecule has 0 bridgehead atoms. The van der Waals surface area contributed by atoms with Crippen LogP contribution in [-0.4, -0.2) is 40.7 Å². The zero-order chi connectivity index (χ0) is 13.7. The number of hydrogen-bond acceptors (Lipinski definition) is 4. The normalized spacial score (nSPS) is 21.2. The summed E-state index contributed by atoms with van der Waals surface area (Å²) in [4.78, 5) is 6.92. The van der Waals surface area contributed by atoms with Gasteiger partial charge in [0.05, 0.1) is 11.7 Å². The van der Waals surface area contributed by atoms with Crippen molar-refractivity contribution < 1.29 is 5.11 Å². The second-order valence-electron chi connectivity index (χ2n) is 5.43. The Morgan fingerprint density at radius 1 is 1.42 bits per heavy atom. The molecule has 106 valence electrons. The third-order valence-corrected chi connectivity index (χ3v) is 4.17. The van der Waals surface area contributed by atoms with Crippen molar-refractivity contribution in [1.82, 2.24) is 9.88 Å². The van der Waals surface area contributed by atoms with Crippen molar-refractivity contribution >= 4 is 0 Å². The lowest BCUT2D eigenvalue weighted by Gasteiger charge is -2.39. The van der Waals surface area contributed by atoms with Gasteiger partial charge in [-0.25, -0.2) is 0 Å². The Balaban J connectivity index is 2.11. The average Bonchev–Trinajstić information content (AvgIpc) is 2.49. The van der Waals surface area contributed by atoms with E-state index in [1.54, 1.807) is 0 Å². The molecule has 2 atom stereocenters. The van der Waals surface area contributed by atoms with Crippen molar-refractivity contribution in [2.45, 2.75) is 38.3 Å². The predicted molar refractivity (Wildman–Crippen MR) is 76.6 cm³/mol. The standard InChI is InChI=1S/C15H25N3O/c1-2-13(16)15(14-5-3-4-8-17-14)18-9-6-12(11-19)7-10-18/h3-5,8,12-13,15,19H,2,6-7,9-11,16H2,1H3. The van der Waals surface area contributed by atoms with E-state index in [-0.39, 0.29) is 12.1 Å². The molecule has 19 heavy (non-hydrogen) atoms. The summed E-state index contributed by atoms with van der Waals surface area (Å²) in [6, 6.07) is 6.35. The third-order valence-electron chi connectivity index (χ3n) is 4.17. The van der Waals surface area contributed by atoms with Crippen LogP contribution in [0.25, 0.3) is 0 Å². The molecule has 4 heteroatoms. The number of rotatable bonds is 5. The Kier molecular flexibility index (Phi) is 5.31. The lowest BCUT2D eigenvalue weighted by molar-refractivity contribution is 0.0867. The molecule has 1 aliphatic rings. The maximum Gasteiger partial charge on any atom is 0.0673 e. The molecule has 0 saturated carbocycles. The summed E-state index contributed by atoms with van der Waals surface area (Å²) in [5.74, 6) is 0.457. The lowest BCUT2D eigenvalue weighted by Crippen LogP contribution is -2.45. The number of pyridine rings is 1. The van der Waals surface area contributed by atoms with E-state index in [1.807, 2.05) is 18.3 Å². The molecule has 0 amide bonds. The number of nitrogens with zero attached hydrogens (tertiary/aromatic N) is 2. The number of aromatic nitrogens is 1. The van der Waals surface area contributed by atoms with Crippen LogP contribution in [0, 0.1) is 5.92 Å². The first-order valence-corrected chi connectivity index (χ1v) is 7.27. The molecule has 0 radical (unpaired) electrons. The van der Waals surface area contributed by atoms with Crippen LogP contribution in [-0.2, 0) is 0 Å². The summed E-state index contributed by atoms with van der Waals surface area (Å²) < 4.78 is 0. The zero-order valence-electron chi connectivity index (χ0n) is 11.7. The van der Waals surface area contributed by atoms with E-state index in [2.05, 4.69) is 22.9 Å². The first-order valence-electron chi connectivity index (χ1n) is 7.27. The maximum absolute atomic E-state index is 9.23. The minimum Gasteiger partial charge on any atom is -0.396 e. The summed E-state index contributed by atoms with van der Waals surface area (Å²) in [5.41, 5.74) is 7.38. The summed E-state index contributed by atoms with van der Waals surface area (Å²) in [7, 11) is 0. The molecule has 4 nitrogen and oxygen atoms in total. The number of nitrogens with two attached hydrogens (primary N) is 1. The van der Waals surface area contributed by atoms with Gasteiger partial charge in [-0.05, 0) is 50.4 Å². The van der Waals surface area contributed by atoms with Gasteiger partial charge in [0, 0.05) is 18.8 Å².